The highest BCUT2D eigenvalue weighted by Crippen LogP contribution is 1.97. The summed E-state index contributed by atoms with van der Waals surface area (Å²) in [5.74, 6) is -0.286. The minimum absolute atomic E-state index is 0. The van der Waals surface area contributed by atoms with Gasteiger partial charge in [-0.1, -0.05) is 30.3 Å². The van der Waals surface area contributed by atoms with Crippen LogP contribution in [0.2, 0.25) is 0 Å². The maximum absolute atomic E-state index is 10.4. The van der Waals surface area contributed by atoms with Crippen LogP contribution in [-0.4, -0.2) is 5.91 Å². The molecule has 1 rings (SSSR count). The Balaban J connectivity index is 0. The van der Waals surface area contributed by atoms with Gasteiger partial charge < -0.3 is 5.73 Å². The molecule has 1 amide bonds. The molecule has 68 valence electrons. The first-order chi connectivity index (χ1) is 4.79. The van der Waals surface area contributed by atoms with Crippen LogP contribution < -0.4 is 5.73 Å². The predicted molar refractivity (Wildman–Crippen MR) is 60.0 cm³/mol. The summed E-state index contributed by atoms with van der Waals surface area (Å²) in [6, 6.07) is 9.44. The molecule has 0 atom stereocenters. The van der Waals surface area contributed by atoms with Crippen molar-refractivity contribution in [3.63, 3.8) is 0 Å². The normalized spacial score (nSPS) is 7.67. The van der Waals surface area contributed by atoms with Crippen LogP contribution in [0.1, 0.15) is 5.56 Å². The zero-order valence-electron chi connectivity index (χ0n) is 6.40. The number of hydrogen-bond donors (Lipinski definition) is 1. The van der Waals surface area contributed by atoms with Gasteiger partial charge in [-0.3, -0.25) is 4.79 Å². The second-order valence-electron chi connectivity index (χ2n) is 2.13. The van der Waals surface area contributed by atoms with E-state index in [1.165, 1.54) is 0 Å². The molecule has 0 aliphatic heterocycles. The zero-order valence-corrected chi connectivity index (χ0v) is 9.82. The third-order valence-corrected chi connectivity index (χ3v) is 1.22. The van der Waals surface area contributed by atoms with Crippen LogP contribution in [0.3, 0.4) is 0 Å². The molecule has 2 N–H and O–H groups in total. The summed E-state index contributed by atoms with van der Waals surface area (Å²) in [7, 11) is 0. The Bertz CT molecular complexity index is 226. The third kappa shape index (κ3) is 5.32. The first-order valence-corrected chi connectivity index (χ1v) is 3.11. The topological polar surface area (TPSA) is 43.1 Å². The lowest BCUT2D eigenvalue weighted by atomic mass is 10.1. The lowest BCUT2D eigenvalue weighted by molar-refractivity contribution is -0.117. The van der Waals surface area contributed by atoms with Crippen molar-refractivity contribution in [1.29, 1.82) is 0 Å². The molecule has 4 heteroatoms. The summed E-state index contributed by atoms with van der Waals surface area (Å²) in [4.78, 5) is 10.4. The predicted octanol–water partition coefficient (Wildman–Crippen LogP) is 1.87. The van der Waals surface area contributed by atoms with E-state index in [-0.39, 0.29) is 39.9 Å². The number of nitrogens with two attached hydrogens (primary N) is 1. The van der Waals surface area contributed by atoms with E-state index in [2.05, 4.69) is 0 Å². The van der Waals surface area contributed by atoms with E-state index in [1.54, 1.807) is 0 Å². The first kappa shape index (κ1) is 14.2. The third-order valence-electron chi connectivity index (χ3n) is 1.22. The fourth-order valence-electron chi connectivity index (χ4n) is 0.797. The minimum Gasteiger partial charge on any atom is -0.369 e. The maximum Gasteiger partial charge on any atom is 0.221 e. The van der Waals surface area contributed by atoms with Crippen molar-refractivity contribution in [2.24, 2.45) is 5.73 Å². The Labute approximate surface area is 92.7 Å². The Morgan fingerprint density at radius 3 is 2.08 bits per heavy atom. The van der Waals surface area contributed by atoms with E-state index in [9.17, 15) is 4.79 Å². The number of rotatable bonds is 2. The smallest absolute Gasteiger partial charge is 0.221 e. The molecule has 0 radical (unpaired) electrons. The molecule has 2 nitrogen and oxygen atoms in total. The molecule has 0 saturated heterocycles. The largest absolute Gasteiger partial charge is 0.369 e. The molecule has 0 aromatic heterocycles. The summed E-state index contributed by atoms with van der Waals surface area (Å²) in [5.41, 5.74) is 5.95. The van der Waals surface area contributed by atoms with Gasteiger partial charge in [0, 0.05) is 0 Å². The minimum atomic E-state index is -0.286. The van der Waals surface area contributed by atoms with Crippen molar-refractivity contribution in [3.05, 3.63) is 35.9 Å². The van der Waals surface area contributed by atoms with E-state index in [1.807, 2.05) is 30.3 Å². The number of halogens is 2. The molecular formula is C8H11Br2NO. The van der Waals surface area contributed by atoms with Crippen LogP contribution in [0.5, 0.6) is 0 Å². The van der Waals surface area contributed by atoms with Gasteiger partial charge in [0.05, 0.1) is 6.42 Å². The molecule has 12 heavy (non-hydrogen) atoms. The van der Waals surface area contributed by atoms with Crippen LogP contribution in [0, 0.1) is 0 Å². The van der Waals surface area contributed by atoms with Crippen molar-refractivity contribution < 1.29 is 4.79 Å². The van der Waals surface area contributed by atoms with E-state index in [0.29, 0.717) is 6.42 Å². The number of carbonyl (C=O) groups is 1. The van der Waals surface area contributed by atoms with Crippen LogP contribution in [0.4, 0.5) is 0 Å². The fraction of sp³-hybridized carbons (Fsp3) is 0.125. The Morgan fingerprint density at radius 2 is 1.67 bits per heavy atom. The molecule has 0 fully saturated rings. The Kier molecular flexibility index (Phi) is 8.64. The van der Waals surface area contributed by atoms with Gasteiger partial charge in [0.25, 0.3) is 0 Å². The van der Waals surface area contributed by atoms with Gasteiger partial charge in [0.15, 0.2) is 0 Å². The lowest BCUT2D eigenvalue weighted by Crippen LogP contribution is -2.13. The summed E-state index contributed by atoms with van der Waals surface area (Å²) >= 11 is 0. The van der Waals surface area contributed by atoms with Crippen molar-refractivity contribution in [3.8, 4) is 0 Å². The van der Waals surface area contributed by atoms with E-state index >= 15 is 0 Å². The number of hydrogen-bond acceptors (Lipinski definition) is 1. The second-order valence-corrected chi connectivity index (χ2v) is 2.13. The highest BCUT2D eigenvalue weighted by Gasteiger charge is 1.94. The van der Waals surface area contributed by atoms with Gasteiger partial charge in [-0.05, 0) is 5.56 Å². The molecule has 0 aliphatic rings. The highest BCUT2D eigenvalue weighted by molar-refractivity contribution is 8.93. The van der Waals surface area contributed by atoms with Gasteiger partial charge >= 0.3 is 0 Å². The van der Waals surface area contributed by atoms with E-state index in [4.69, 9.17) is 5.73 Å². The average Bonchev–Trinajstić information content (AvgIpc) is 1.88. The average molecular weight is 297 g/mol. The molecule has 0 aliphatic carbocycles. The summed E-state index contributed by atoms with van der Waals surface area (Å²) in [6.07, 6.45) is 0.334. The molecule has 1 aromatic rings. The molecule has 1 aromatic carbocycles. The number of amides is 1. The SMILES string of the molecule is Br.Br.NC(=O)Cc1ccccc1. The lowest BCUT2D eigenvalue weighted by Gasteiger charge is -1.93. The van der Waals surface area contributed by atoms with Crippen molar-refractivity contribution in [1.82, 2.24) is 0 Å². The van der Waals surface area contributed by atoms with E-state index in [0.717, 1.165) is 5.56 Å². The number of carbonyl (C=O) groups excluding carboxylic acids is 1. The first-order valence-electron chi connectivity index (χ1n) is 3.11. The Morgan fingerprint density at radius 1 is 1.17 bits per heavy atom. The van der Waals surface area contributed by atoms with Crippen LogP contribution >= 0.6 is 34.0 Å². The quantitative estimate of drug-likeness (QED) is 0.889. The summed E-state index contributed by atoms with van der Waals surface area (Å²) < 4.78 is 0. The fourth-order valence-corrected chi connectivity index (χ4v) is 0.797. The van der Waals surface area contributed by atoms with Gasteiger partial charge in [-0.2, -0.15) is 0 Å². The molecule has 0 heterocycles. The van der Waals surface area contributed by atoms with Crippen LogP contribution in [0.15, 0.2) is 30.3 Å². The monoisotopic (exact) mass is 295 g/mol. The zero-order chi connectivity index (χ0) is 7.40. The Hall–Kier alpha value is -0.350. The van der Waals surface area contributed by atoms with Crippen LogP contribution in [0.25, 0.3) is 0 Å². The van der Waals surface area contributed by atoms with E-state index < -0.39 is 0 Å². The van der Waals surface area contributed by atoms with Gasteiger partial charge in [-0.15, -0.1) is 34.0 Å². The standard InChI is InChI=1S/C8H9NO.2BrH/c9-8(10)6-7-4-2-1-3-5-7;;/h1-5H,6H2,(H2,9,10);2*1H. The number of primary amides is 1. The van der Waals surface area contributed by atoms with Crippen LogP contribution in [-0.2, 0) is 11.2 Å². The molecule has 0 spiro atoms. The number of benzene rings is 1. The van der Waals surface area contributed by atoms with Crippen molar-refractivity contribution in [2.75, 3.05) is 0 Å². The van der Waals surface area contributed by atoms with Gasteiger partial charge in [-0.25, -0.2) is 0 Å². The summed E-state index contributed by atoms with van der Waals surface area (Å²) in [6.45, 7) is 0. The maximum atomic E-state index is 10.4. The van der Waals surface area contributed by atoms with Gasteiger partial charge in [0.1, 0.15) is 0 Å². The molecular weight excluding hydrogens is 286 g/mol. The molecule has 0 saturated carbocycles. The molecule has 0 unspecified atom stereocenters. The molecule has 0 bridgehead atoms. The second kappa shape index (κ2) is 7.31. The summed E-state index contributed by atoms with van der Waals surface area (Å²) in [5, 5.41) is 0. The van der Waals surface area contributed by atoms with Crippen molar-refractivity contribution >= 4 is 39.9 Å². The highest BCUT2D eigenvalue weighted by atomic mass is 79.9. The van der Waals surface area contributed by atoms with Gasteiger partial charge in [0.2, 0.25) is 5.91 Å². The van der Waals surface area contributed by atoms with Crippen molar-refractivity contribution in [2.45, 2.75) is 6.42 Å².